The van der Waals surface area contributed by atoms with E-state index in [0.29, 0.717) is 0 Å². The molecule has 1 rings (SSSR count). The van der Waals surface area contributed by atoms with Crippen LogP contribution in [0.4, 0.5) is 0 Å². The molecule has 1 aliphatic rings. The molecule has 1 heterocycles. The predicted octanol–water partition coefficient (Wildman–Crippen LogP) is 0.659. The number of ether oxygens (including phenoxy) is 6. The predicted molar refractivity (Wildman–Crippen MR) is 95.1 cm³/mol. The Kier molecular flexibility index (Phi) is 11.5. The van der Waals surface area contributed by atoms with Crippen LogP contribution in [0.2, 0.25) is 0 Å². The maximum atomic E-state index is 11.5. The molecule has 5 atom stereocenters. The minimum atomic E-state index is -1.48. The topological polar surface area (TPSA) is 141 Å². The number of carbonyl (C=O) groups excluding carboxylic acids is 5. The standard InChI is InChI=1S/C16H22O11.C2H6/c1-7(17)22-6-12-13(23-8(2)18)14(24-9(3)19)15(25-10(4)20)16(27-12)26-11(5)21;1-2/h12-16H,6H2,1-5H3;1-2H3/t12?,13?,14?,15?,16-;/m1./s1. The van der Waals surface area contributed by atoms with Crippen molar-refractivity contribution in [2.24, 2.45) is 0 Å². The van der Waals surface area contributed by atoms with Gasteiger partial charge in [-0.2, -0.15) is 0 Å². The summed E-state index contributed by atoms with van der Waals surface area (Å²) in [6.45, 7) is 9.13. The Balaban J connectivity index is 0.00000379. The van der Waals surface area contributed by atoms with Gasteiger partial charge in [0.25, 0.3) is 0 Å². The lowest BCUT2D eigenvalue weighted by Crippen LogP contribution is -2.63. The lowest BCUT2D eigenvalue weighted by Gasteiger charge is -2.43. The van der Waals surface area contributed by atoms with Crippen LogP contribution in [0.3, 0.4) is 0 Å². The molecular formula is C18H28O11. The quantitative estimate of drug-likeness (QED) is 0.442. The fourth-order valence-electron chi connectivity index (χ4n) is 2.45. The maximum Gasteiger partial charge on any atom is 0.305 e. The highest BCUT2D eigenvalue weighted by Crippen LogP contribution is 2.30. The van der Waals surface area contributed by atoms with Gasteiger partial charge in [0.2, 0.25) is 12.4 Å². The summed E-state index contributed by atoms with van der Waals surface area (Å²) in [6, 6.07) is 0. The number of hydrogen-bond acceptors (Lipinski definition) is 11. The van der Waals surface area contributed by atoms with Crippen LogP contribution in [-0.2, 0) is 52.4 Å². The third-order valence-electron chi connectivity index (χ3n) is 3.23. The van der Waals surface area contributed by atoms with E-state index in [1.807, 2.05) is 13.8 Å². The molecule has 1 fully saturated rings. The van der Waals surface area contributed by atoms with Gasteiger partial charge in [-0.25, -0.2) is 0 Å². The summed E-state index contributed by atoms with van der Waals surface area (Å²) >= 11 is 0. The van der Waals surface area contributed by atoms with Crippen molar-refractivity contribution in [3.63, 3.8) is 0 Å². The molecule has 0 aromatic heterocycles. The fraction of sp³-hybridized carbons (Fsp3) is 0.722. The van der Waals surface area contributed by atoms with Crippen molar-refractivity contribution in [3.8, 4) is 0 Å². The molecule has 29 heavy (non-hydrogen) atoms. The van der Waals surface area contributed by atoms with Gasteiger partial charge in [-0.1, -0.05) is 13.8 Å². The van der Waals surface area contributed by atoms with Crippen LogP contribution >= 0.6 is 0 Å². The lowest BCUT2D eigenvalue weighted by molar-refractivity contribution is -0.300. The number of esters is 5. The molecule has 4 unspecified atom stereocenters. The van der Waals surface area contributed by atoms with Crippen molar-refractivity contribution < 1.29 is 52.4 Å². The molecule has 0 bridgehead atoms. The Morgan fingerprint density at radius 1 is 0.621 bits per heavy atom. The summed E-state index contributed by atoms with van der Waals surface area (Å²) in [5.41, 5.74) is 0. The first-order valence-corrected chi connectivity index (χ1v) is 8.99. The SMILES string of the molecule is CC.CC(=O)OCC1O[C@@H](OC(C)=O)C(OC(C)=O)C(OC(C)=O)C1OC(C)=O. The Morgan fingerprint density at radius 2 is 1.03 bits per heavy atom. The Bertz CT molecular complexity index is 601. The average molecular weight is 420 g/mol. The monoisotopic (exact) mass is 420 g/mol. The second-order valence-corrected chi connectivity index (χ2v) is 5.68. The molecule has 0 saturated carbocycles. The van der Waals surface area contributed by atoms with Gasteiger partial charge < -0.3 is 28.4 Å². The first kappa shape index (κ1) is 26.3. The largest absolute Gasteiger partial charge is 0.463 e. The summed E-state index contributed by atoms with van der Waals surface area (Å²) in [4.78, 5) is 57.0. The van der Waals surface area contributed by atoms with Crippen molar-refractivity contribution in [3.05, 3.63) is 0 Å². The normalized spacial score (nSPS) is 25.4. The Labute approximate surface area is 168 Å². The van der Waals surface area contributed by atoms with E-state index in [1.165, 1.54) is 0 Å². The van der Waals surface area contributed by atoms with Crippen LogP contribution in [0.5, 0.6) is 0 Å². The van der Waals surface area contributed by atoms with Crippen molar-refractivity contribution in [1.82, 2.24) is 0 Å². The van der Waals surface area contributed by atoms with E-state index in [4.69, 9.17) is 28.4 Å². The molecule has 0 aliphatic carbocycles. The van der Waals surface area contributed by atoms with Gasteiger partial charge in [0, 0.05) is 34.6 Å². The third kappa shape index (κ3) is 9.37. The van der Waals surface area contributed by atoms with Crippen LogP contribution < -0.4 is 0 Å². The number of rotatable bonds is 6. The van der Waals surface area contributed by atoms with Gasteiger partial charge in [-0.05, 0) is 0 Å². The minimum Gasteiger partial charge on any atom is -0.463 e. The zero-order valence-electron chi connectivity index (χ0n) is 17.6. The zero-order chi connectivity index (χ0) is 22.7. The fourth-order valence-corrected chi connectivity index (χ4v) is 2.45. The van der Waals surface area contributed by atoms with Crippen LogP contribution in [0.15, 0.2) is 0 Å². The van der Waals surface area contributed by atoms with Crippen LogP contribution in [0.25, 0.3) is 0 Å². The molecule has 166 valence electrons. The van der Waals surface area contributed by atoms with Crippen molar-refractivity contribution in [2.45, 2.75) is 79.2 Å². The average Bonchev–Trinajstić information content (AvgIpc) is 2.58. The molecular weight excluding hydrogens is 392 g/mol. The van der Waals surface area contributed by atoms with Gasteiger partial charge in [0.1, 0.15) is 12.7 Å². The van der Waals surface area contributed by atoms with Crippen LogP contribution in [-0.4, -0.2) is 67.2 Å². The Morgan fingerprint density at radius 3 is 1.45 bits per heavy atom. The second-order valence-electron chi connectivity index (χ2n) is 5.68. The minimum absolute atomic E-state index is 0.393. The highest BCUT2D eigenvalue weighted by Gasteiger charge is 2.53. The van der Waals surface area contributed by atoms with Crippen LogP contribution in [0, 0.1) is 0 Å². The lowest BCUT2D eigenvalue weighted by atomic mass is 9.98. The summed E-state index contributed by atoms with van der Waals surface area (Å²) in [6.07, 6.45) is -6.70. The Hall–Kier alpha value is -2.69. The summed E-state index contributed by atoms with van der Waals surface area (Å²) in [5.74, 6) is -3.71. The van der Waals surface area contributed by atoms with Crippen molar-refractivity contribution >= 4 is 29.8 Å². The zero-order valence-corrected chi connectivity index (χ0v) is 17.6. The molecule has 0 aromatic carbocycles. The molecule has 0 N–H and O–H groups in total. The molecule has 0 radical (unpaired) electrons. The molecule has 1 saturated heterocycles. The van der Waals surface area contributed by atoms with E-state index in [-0.39, 0.29) is 0 Å². The highest BCUT2D eigenvalue weighted by atomic mass is 16.7. The van der Waals surface area contributed by atoms with E-state index in [9.17, 15) is 24.0 Å². The molecule has 0 amide bonds. The van der Waals surface area contributed by atoms with Crippen molar-refractivity contribution in [1.29, 1.82) is 0 Å². The van der Waals surface area contributed by atoms with Gasteiger partial charge >= 0.3 is 29.8 Å². The first-order chi connectivity index (χ1) is 13.5. The first-order valence-electron chi connectivity index (χ1n) is 8.99. The van der Waals surface area contributed by atoms with Crippen molar-refractivity contribution in [2.75, 3.05) is 6.61 Å². The molecule has 11 nitrogen and oxygen atoms in total. The van der Waals surface area contributed by atoms with E-state index in [1.54, 1.807) is 0 Å². The van der Waals surface area contributed by atoms with E-state index in [0.717, 1.165) is 34.6 Å². The molecule has 0 aromatic rings. The number of hydrogen-bond donors (Lipinski definition) is 0. The third-order valence-corrected chi connectivity index (χ3v) is 3.23. The maximum absolute atomic E-state index is 11.5. The van der Waals surface area contributed by atoms with Gasteiger partial charge in [0.15, 0.2) is 12.2 Å². The summed E-state index contributed by atoms with van der Waals surface area (Å²) in [5, 5.41) is 0. The van der Waals surface area contributed by atoms with Gasteiger partial charge in [0.05, 0.1) is 0 Å². The summed E-state index contributed by atoms with van der Waals surface area (Å²) < 4.78 is 30.8. The molecule has 11 heteroatoms. The second kappa shape index (κ2) is 12.7. The van der Waals surface area contributed by atoms with Gasteiger partial charge in [-0.3, -0.25) is 24.0 Å². The number of carbonyl (C=O) groups is 5. The van der Waals surface area contributed by atoms with E-state index in [2.05, 4.69) is 0 Å². The van der Waals surface area contributed by atoms with E-state index < -0.39 is 67.2 Å². The molecule has 0 spiro atoms. The van der Waals surface area contributed by atoms with Crippen LogP contribution in [0.1, 0.15) is 48.5 Å². The highest BCUT2D eigenvalue weighted by molar-refractivity contribution is 5.69. The molecule has 1 aliphatic heterocycles. The summed E-state index contributed by atoms with van der Waals surface area (Å²) in [7, 11) is 0. The van der Waals surface area contributed by atoms with E-state index >= 15 is 0 Å². The smallest absolute Gasteiger partial charge is 0.305 e. The van der Waals surface area contributed by atoms with Gasteiger partial charge in [-0.15, -0.1) is 0 Å².